The first-order valence-corrected chi connectivity index (χ1v) is 6.86. The van der Waals surface area contributed by atoms with E-state index in [0.29, 0.717) is 17.9 Å². The number of nitrogens with one attached hydrogen (secondary N) is 1. The van der Waals surface area contributed by atoms with Gasteiger partial charge in [0.25, 0.3) is 0 Å². The van der Waals surface area contributed by atoms with Crippen LogP contribution >= 0.6 is 12.4 Å². The summed E-state index contributed by atoms with van der Waals surface area (Å²) in [7, 11) is 0. The molecular weight excluding hydrogens is 248 g/mol. The summed E-state index contributed by atoms with van der Waals surface area (Å²) in [6.45, 7) is 7.14. The third-order valence-electron chi connectivity index (χ3n) is 4.04. The van der Waals surface area contributed by atoms with Crippen LogP contribution in [0.4, 0.5) is 0 Å². The number of hydrogen-bond donors (Lipinski definition) is 1. The molecule has 0 spiro atoms. The van der Waals surface area contributed by atoms with Crippen molar-refractivity contribution in [2.75, 3.05) is 19.6 Å². The summed E-state index contributed by atoms with van der Waals surface area (Å²) in [5.41, 5.74) is 0. The van der Waals surface area contributed by atoms with Crippen LogP contribution in [-0.4, -0.2) is 36.5 Å². The lowest BCUT2D eigenvalue weighted by Crippen LogP contribution is -2.44. The van der Waals surface area contributed by atoms with Gasteiger partial charge in [0.05, 0.1) is 0 Å². The Morgan fingerprint density at radius 3 is 2.56 bits per heavy atom. The summed E-state index contributed by atoms with van der Waals surface area (Å²) in [6.07, 6.45) is 7.59. The number of amides is 1. The molecule has 104 valence electrons. The van der Waals surface area contributed by atoms with Crippen molar-refractivity contribution in [1.82, 2.24) is 10.2 Å². The van der Waals surface area contributed by atoms with Crippen LogP contribution in [0.25, 0.3) is 0 Å². The molecule has 1 saturated heterocycles. The van der Waals surface area contributed by atoms with Crippen molar-refractivity contribution < 1.29 is 4.79 Å². The number of rotatable bonds is 2. The van der Waals surface area contributed by atoms with Gasteiger partial charge in [-0.15, -0.1) is 12.4 Å². The maximum atomic E-state index is 12.6. The first-order valence-electron chi connectivity index (χ1n) is 6.86. The monoisotopic (exact) mass is 272 g/mol. The molecule has 2 heterocycles. The van der Waals surface area contributed by atoms with Crippen LogP contribution in [0, 0.1) is 11.8 Å². The van der Waals surface area contributed by atoms with Gasteiger partial charge in [0.2, 0.25) is 5.91 Å². The highest BCUT2D eigenvalue weighted by Crippen LogP contribution is 2.29. The second-order valence-corrected chi connectivity index (χ2v) is 5.49. The fraction of sp³-hybridized carbons (Fsp3) is 0.786. The molecule has 18 heavy (non-hydrogen) atoms. The van der Waals surface area contributed by atoms with Gasteiger partial charge in [-0.05, 0) is 52.1 Å². The fourth-order valence-corrected chi connectivity index (χ4v) is 2.94. The molecular formula is C14H25ClN2O. The normalized spacial score (nSPS) is 26.1. The van der Waals surface area contributed by atoms with E-state index < -0.39 is 0 Å². The van der Waals surface area contributed by atoms with Crippen molar-refractivity contribution in [3.05, 3.63) is 12.2 Å². The zero-order valence-corrected chi connectivity index (χ0v) is 12.2. The molecule has 0 radical (unpaired) electrons. The highest BCUT2D eigenvalue weighted by atomic mass is 35.5. The smallest absolute Gasteiger partial charge is 0.226 e. The minimum absolute atomic E-state index is 0. The lowest BCUT2D eigenvalue weighted by Gasteiger charge is -2.33. The Hall–Kier alpha value is -0.540. The molecule has 0 aromatic rings. The van der Waals surface area contributed by atoms with Crippen LogP contribution in [0.3, 0.4) is 0 Å². The van der Waals surface area contributed by atoms with Crippen LogP contribution in [0.2, 0.25) is 0 Å². The van der Waals surface area contributed by atoms with Crippen LogP contribution in [-0.2, 0) is 4.79 Å². The highest BCUT2D eigenvalue weighted by Gasteiger charge is 2.33. The minimum atomic E-state index is 0. The van der Waals surface area contributed by atoms with Gasteiger partial charge >= 0.3 is 0 Å². The summed E-state index contributed by atoms with van der Waals surface area (Å²) in [6, 6.07) is 0.314. The molecule has 1 N–H and O–H groups in total. The van der Waals surface area contributed by atoms with Crippen LogP contribution < -0.4 is 5.32 Å². The summed E-state index contributed by atoms with van der Waals surface area (Å²) < 4.78 is 0. The number of allylic oxidation sites excluding steroid dienone is 1. The molecule has 0 aromatic carbocycles. The number of piperidine rings is 1. The summed E-state index contributed by atoms with van der Waals surface area (Å²) in [5.74, 6) is 1.17. The van der Waals surface area contributed by atoms with Gasteiger partial charge < -0.3 is 10.2 Å². The maximum Gasteiger partial charge on any atom is 0.226 e. The number of carbonyl (C=O) groups is 1. The molecule has 1 unspecified atom stereocenters. The van der Waals surface area contributed by atoms with E-state index in [1.807, 2.05) is 4.90 Å². The van der Waals surface area contributed by atoms with E-state index >= 15 is 0 Å². The zero-order chi connectivity index (χ0) is 12.3. The van der Waals surface area contributed by atoms with Gasteiger partial charge in [0, 0.05) is 18.5 Å². The molecule has 0 aliphatic carbocycles. The van der Waals surface area contributed by atoms with Crippen molar-refractivity contribution in [2.45, 2.75) is 39.2 Å². The predicted molar refractivity (Wildman–Crippen MR) is 76.9 cm³/mol. The molecule has 4 heteroatoms. The predicted octanol–water partition coefficient (Wildman–Crippen LogP) is 2.22. The van der Waals surface area contributed by atoms with Crippen molar-refractivity contribution >= 4 is 18.3 Å². The molecule has 1 amide bonds. The fourth-order valence-electron chi connectivity index (χ4n) is 2.94. The van der Waals surface area contributed by atoms with E-state index in [4.69, 9.17) is 0 Å². The standard InChI is InChI=1S/C14H24N2O.ClH/c1-11(2)16-10-4-3-5-13(14(16)17)12-6-8-15-9-7-12;/h3-4,11-13,15H,5-10H2,1-2H3;1H. The van der Waals surface area contributed by atoms with E-state index in [2.05, 4.69) is 31.3 Å². The molecule has 2 aliphatic rings. The Balaban J connectivity index is 0.00000162. The Bertz CT molecular complexity index is 298. The van der Waals surface area contributed by atoms with Gasteiger partial charge in [0.15, 0.2) is 0 Å². The molecule has 0 bridgehead atoms. The van der Waals surface area contributed by atoms with E-state index in [1.54, 1.807) is 0 Å². The maximum absolute atomic E-state index is 12.6. The van der Waals surface area contributed by atoms with Crippen molar-refractivity contribution in [2.24, 2.45) is 11.8 Å². The van der Waals surface area contributed by atoms with E-state index in [9.17, 15) is 4.79 Å². The first kappa shape index (κ1) is 15.5. The van der Waals surface area contributed by atoms with Crippen LogP contribution in [0.1, 0.15) is 33.1 Å². The van der Waals surface area contributed by atoms with Gasteiger partial charge in [-0.25, -0.2) is 0 Å². The first-order chi connectivity index (χ1) is 8.20. The largest absolute Gasteiger partial charge is 0.336 e. The van der Waals surface area contributed by atoms with Crippen LogP contribution in [0.5, 0.6) is 0 Å². The number of nitrogens with zero attached hydrogens (tertiary/aromatic N) is 1. The molecule has 0 aromatic heterocycles. The minimum Gasteiger partial charge on any atom is -0.336 e. The quantitative estimate of drug-likeness (QED) is 0.782. The highest BCUT2D eigenvalue weighted by molar-refractivity contribution is 5.85. The Kier molecular flexibility index (Phi) is 6.16. The lowest BCUT2D eigenvalue weighted by atomic mass is 9.82. The average Bonchev–Trinajstić information content (AvgIpc) is 2.52. The number of halogens is 1. The molecule has 2 rings (SSSR count). The Morgan fingerprint density at radius 1 is 1.28 bits per heavy atom. The average molecular weight is 273 g/mol. The van der Waals surface area contributed by atoms with Gasteiger partial charge in [-0.3, -0.25) is 4.79 Å². The number of hydrogen-bond acceptors (Lipinski definition) is 2. The molecule has 1 atom stereocenters. The molecule has 0 saturated carbocycles. The van der Waals surface area contributed by atoms with E-state index in [0.717, 1.165) is 38.9 Å². The number of carbonyl (C=O) groups excluding carboxylic acids is 1. The Morgan fingerprint density at radius 2 is 1.94 bits per heavy atom. The summed E-state index contributed by atoms with van der Waals surface area (Å²) in [5, 5.41) is 3.38. The van der Waals surface area contributed by atoms with Crippen LogP contribution in [0.15, 0.2) is 12.2 Å². The van der Waals surface area contributed by atoms with Crippen molar-refractivity contribution in [3.8, 4) is 0 Å². The van der Waals surface area contributed by atoms with E-state index in [-0.39, 0.29) is 18.3 Å². The van der Waals surface area contributed by atoms with Crippen molar-refractivity contribution in [1.29, 1.82) is 0 Å². The topological polar surface area (TPSA) is 32.3 Å². The van der Waals surface area contributed by atoms with Gasteiger partial charge in [0.1, 0.15) is 0 Å². The zero-order valence-electron chi connectivity index (χ0n) is 11.4. The Labute approximate surface area is 116 Å². The summed E-state index contributed by atoms with van der Waals surface area (Å²) in [4.78, 5) is 14.6. The van der Waals surface area contributed by atoms with Gasteiger partial charge in [-0.2, -0.15) is 0 Å². The van der Waals surface area contributed by atoms with Crippen molar-refractivity contribution in [3.63, 3.8) is 0 Å². The SMILES string of the molecule is CC(C)N1CC=CCC(C2CCNCC2)C1=O.Cl. The second-order valence-electron chi connectivity index (χ2n) is 5.49. The second kappa shape index (κ2) is 7.15. The molecule has 2 aliphatic heterocycles. The molecule has 3 nitrogen and oxygen atoms in total. The summed E-state index contributed by atoms with van der Waals surface area (Å²) >= 11 is 0. The lowest BCUT2D eigenvalue weighted by molar-refractivity contribution is -0.138. The molecule has 1 fully saturated rings. The third-order valence-corrected chi connectivity index (χ3v) is 4.04. The third kappa shape index (κ3) is 3.48. The van der Waals surface area contributed by atoms with E-state index in [1.165, 1.54) is 0 Å². The van der Waals surface area contributed by atoms with Gasteiger partial charge in [-0.1, -0.05) is 12.2 Å².